The Labute approximate surface area is 201 Å². The highest BCUT2D eigenvalue weighted by Gasteiger charge is 2.23. The molecule has 1 aromatic carbocycles. The van der Waals surface area contributed by atoms with E-state index in [1.165, 1.54) is 4.90 Å². The third-order valence-electron chi connectivity index (χ3n) is 5.16. The molecule has 8 nitrogen and oxygen atoms in total. The van der Waals surface area contributed by atoms with Crippen molar-refractivity contribution in [1.29, 1.82) is 0 Å². The topological polar surface area (TPSA) is 89.3 Å². The maximum Gasteiger partial charge on any atom is 0.306 e. The van der Waals surface area contributed by atoms with Crippen molar-refractivity contribution in [2.45, 2.75) is 53.1 Å². The molecule has 0 atom stereocenters. The summed E-state index contributed by atoms with van der Waals surface area (Å²) < 4.78 is 16.0. The van der Waals surface area contributed by atoms with Crippen molar-refractivity contribution >= 4 is 17.8 Å². The van der Waals surface area contributed by atoms with Crippen LogP contribution < -0.4 is 0 Å². The van der Waals surface area contributed by atoms with Crippen LogP contribution in [0.1, 0.15) is 50.2 Å². The summed E-state index contributed by atoms with van der Waals surface area (Å²) in [6, 6.07) is 13.4. The largest absolute Gasteiger partial charge is 0.466 e. The number of hydrogen-bond acceptors (Lipinski definition) is 6. The van der Waals surface area contributed by atoms with Gasteiger partial charge < -0.3 is 23.7 Å². The Morgan fingerprint density at radius 3 is 2.29 bits per heavy atom. The summed E-state index contributed by atoms with van der Waals surface area (Å²) in [7, 11) is 0. The molecule has 0 spiro atoms. The molecule has 0 radical (unpaired) electrons. The Kier molecular flexibility index (Phi) is 11.9. The van der Waals surface area contributed by atoms with Crippen LogP contribution in [0.25, 0.3) is 0 Å². The van der Waals surface area contributed by atoms with E-state index in [9.17, 15) is 14.4 Å². The summed E-state index contributed by atoms with van der Waals surface area (Å²) in [5.41, 5.74) is 0.982. The smallest absolute Gasteiger partial charge is 0.306 e. The Hall–Kier alpha value is -3.13. The molecule has 0 saturated heterocycles. The highest BCUT2D eigenvalue weighted by Crippen LogP contribution is 2.14. The standard InChI is InChI=1S/C26H36N2O6/c1-4-32-17-9-16-27(24(29)14-15-26(31)33-5-2)20-25(30)28(18-22-10-7-6-8-11-22)19-23-13-12-21(3)34-23/h6-8,10-13H,4-5,9,14-20H2,1-3H3. The molecule has 0 unspecified atom stereocenters. The SMILES string of the molecule is CCOCCCN(CC(=O)N(Cc1ccccc1)Cc1ccc(C)o1)C(=O)CCC(=O)OCC. The predicted octanol–water partition coefficient (Wildman–Crippen LogP) is 3.72. The van der Waals surface area contributed by atoms with Gasteiger partial charge in [0.1, 0.15) is 11.5 Å². The molecule has 0 aliphatic heterocycles. The lowest BCUT2D eigenvalue weighted by Gasteiger charge is -2.27. The fraction of sp³-hybridized carbons (Fsp3) is 0.500. The summed E-state index contributed by atoms with van der Waals surface area (Å²) in [4.78, 5) is 41.2. The third-order valence-corrected chi connectivity index (χ3v) is 5.16. The molecule has 2 aromatic rings. The van der Waals surface area contributed by atoms with Gasteiger partial charge in [-0.25, -0.2) is 0 Å². The summed E-state index contributed by atoms with van der Waals surface area (Å²) in [6.07, 6.45) is 0.585. The van der Waals surface area contributed by atoms with Crippen molar-refractivity contribution in [3.63, 3.8) is 0 Å². The van der Waals surface area contributed by atoms with Crippen molar-refractivity contribution in [2.24, 2.45) is 0 Å². The highest BCUT2D eigenvalue weighted by atomic mass is 16.5. The summed E-state index contributed by atoms with van der Waals surface area (Å²) >= 11 is 0. The normalized spacial score (nSPS) is 10.7. The van der Waals surface area contributed by atoms with Gasteiger partial charge in [-0.1, -0.05) is 30.3 Å². The van der Waals surface area contributed by atoms with Crippen molar-refractivity contribution in [3.05, 3.63) is 59.5 Å². The number of aryl methyl sites for hydroxylation is 1. The van der Waals surface area contributed by atoms with Crippen LogP contribution in [0, 0.1) is 6.92 Å². The van der Waals surface area contributed by atoms with E-state index >= 15 is 0 Å². The third kappa shape index (κ3) is 9.79. The lowest BCUT2D eigenvalue weighted by Crippen LogP contribution is -2.43. The number of hydrogen-bond donors (Lipinski definition) is 0. The molecule has 8 heteroatoms. The zero-order chi connectivity index (χ0) is 24.8. The second-order valence-electron chi connectivity index (χ2n) is 7.92. The molecule has 0 fully saturated rings. The zero-order valence-electron chi connectivity index (χ0n) is 20.5. The maximum atomic E-state index is 13.4. The monoisotopic (exact) mass is 472 g/mol. The van der Waals surface area contributed by atoms with Gasteiger partial charge in [-0.15, -0.1) is 0 Å². The van der Waals surface area contributed by atoms with Gasteiger partial charge in [0.05, 0.1) is 26.1 Å². The van der Waals surface area contributed by atoms with Crippen molar-refractivity contribution < 1.29 is 28.3 Å². The van der Waals surface area contributed by atoms with Crippen LogP contribution in [-0.2, 0) is 36.9 Å². The summed E-state index contributed by atoms with van der Waals surface area (Å²) in [6.45, 7) is 7.81. The number of rotatable bonds is 15. The van der Waals surface area contributed by atoms with E-state index in [4.69, 9.17) is 13.9 Å². The van der Waals surface area contributed by atoms with Crippen LogP contribution in [0.2, 0.25) is 0 Å². The number of benzene rings is 1. The number of esters is 1. The molecular formula is C26H36N2O6. The minimum atomic E-state index is -0.421. The Bertz CT molecular complexity index is 896. The lowest BCUT2D eigenvalue weighted by atomic mass is 10.2. The van der Waals surface area contributed by atoms with Crippen molar-refractivity contribution in [3.8, 4) is 0 Å². The molecular weight excluding hydrogens is 436 g/mol. The van der Waals surface area contributed by atoms with Gasteiger partial charge in [-0.2, -0.15) is 0 Å². The van der Waals surface area contributed by atoms with Crippen LogP contribution in [0.4, 0.5) is 0 Å². The molecule has 34 heavy (non-hydrogen) atoms. The second-order valence-corrected chi connectivity index (χ2v) is 7.92. The predicted molar refractivity (Wildman–Crippen MR) is 128 cm³/mol. The fourth-order valence-electron chi connectivity index (χ4n) is 3.45. The number of ether oxygens (including phenoxy) is 2. The Morgan fingerprint density at radius 2 is 1.65 bits per heavy atom. The molecule has 1 aromatic heterocycles. The van der Waals surface area contributed by atoms with Crippen LogP contribution in [0.5, 0.6) is 0 Å². The first-order valence-corrected chi connectivity index (χ1v) is 11.8. The first kappa shape index (κ1) is 27.1. The molecule has 0 aliphatic rings. The van der Waals surface area contributed by atoms with Gasteiger partial charge in [0, 0.05) is 32.7 Å². The van der Waals surface area contributed by atoms with E-state index < -0.39 is 5.97 Å². The molecule has 186 valence electrons. The fourth-order valence-corrected chi connectivity index (χ4v) is 3.45. The average molecular weight is 473 g/mol. The first-order chi connectivity index (χ1) is 16.4. The van der Waals surface area contributed by atoms with Gasteiger partial charge in [0.2, 0.25) is 11.8 Å². The first-order valence-electron chi connectivity index (χ1n) is 11.8. The lowest BCUT2D eigenvalue weighted by molar-refractivity contribution is -0.146. The maximum absolute atomic E-state index is 13.4. The molecule has 0 N–H and O–H groups in total. The van der Waals surface area contributed by atoms with Gasteiger partial charge in [0.25, 0.3) is 0 Å². The van der Waals surface area contributed by atoms with Gasteiger partial charge in [0.15, 0.2) is 0 Å². The average Bonchev–Trinajstić information content (AvgIpc) is 3.24. The molecule has 0 bridgehead atoms. The minimum Gasteiger partial charge on any atom is -0.466 e. The molecule has 0 saturated carbocycles. The summed E-state index contributed by atoms with van der Waals surface area (Å²) in [5, 5.41) is 0. The van der Waals surface area contributed by atoms with Gasteiger partial charge in [-0.05, 0) is 44.9 Å². The van der Waals surface area contributed by atoms with E-state index in [1.54, 1.807) is 11.8 Å². The van der Waals surface area contributed by atoms with Crippen LogP contribution in [0.15, 0.2) is 46.9 Å². The molecule has 0 aliphatic carbocycles. The van der Waals surface area contributed by atoms with E-state index in [-0.39, 0.29) is 37.8 Å². The van der Waals surface area contributed by atoms with Crippen LogP contribution >= 0.6 is 0 Å². The molecule has 2 amide bonds. The Balaban J connectivity index is 2.11. The van der Waals surface area contributed by atoms with Gasteiger partial charge in [-0.3, -0.25) is 14.4 Å². The van der Waals surface area contributed by atoms with Crippen LogP contribution in [0.3, 0.4) is 0 Å². The second kappa shape index (κ2) is 14.9. The van der Waals surface area contributed by atoms with Gasteiger partial charge >= 0.3 is 5.97 Å². The number of nitrogens with zero attached hydrogens (tertiary/aromatic N) is 2. The summed E-state index contributed by atoms with van der Waals surface area (Å²) in [5.74, 6) is 0.577. The van der Waals surface area contributed by atoms with Crippen molar-refractivity contribution in [2.75, 3.05) is 32.9 Å². The zero-order valence-corrected chi connectivity index (χ0v) is 20.5. The molecule has 2 rings (SSSR count). The highest BCUT2D eigenvalue weighted by molar-refractivity contribution is 5.86. The van der Waals surface area contributed by atoms with E-state index in [0.29, 0.717) is 45.0 Å². The number of furan rings is 1. The van der Waals surface area contributed by atoms with E-state index in [1.807, 2.05) is 56.3 Å². The molecule has 1 heterocycles. The van der Waals surface area contributed by atoms with E-state index in [2.05, 4.69) is 0 Å². The Morgan fingerprint density at radius 1 is 0.882 bits per heavy atom. The number of carbonyl (C=O) groups excluding carboxylic acids is 3. The van der Waals surface area contributed by atoms with E-state index in [0.717, 1.165) is 11.3 Å². The number of carbonyl (C=O) groups is 3. The quantitative estimate of drug-likeness (QED) is 0.290. The number of amides is 2. The minimum absolute atomic E-state index is 0.00316. The van der Waals surface area contributed by atoms with Crippen LogP contribution in [-0.4, -0.2) is 60.5 Å². The van der Waals surface area contributed by atoms with Crippen molar-refractivity contribution in [1.82, 2.24) is 9.80 Å².